The molecule has 21 heavy (non-hydrogen) atoms. The van der Waals surface area contributed by atoms with Crippen LogP contribution in [0, 0.1) is 12.8 Å². The van der Waals surface area contributed by atoms with Gasteiger partial charge in [0.25, 0.3) is 0 Å². The Morgan fingerprint density at radius 2 is 2.00 bits per heavy atom. The van der Waals surface area contributed by atoms with Gasteiger partial charge < -0.3 is 14.6 Å². The molecule has 1 aromatic carbocycles. The fourth-order valence-corrected chi connectivity index (χ4v) is 3.16. The van der Waals surface area contributed by atoms with Crippen molar-refractivity contribution < 1.29 is 9.90 Å². The van der Waals surface area contributed by atoms with E-state index in [4.69, 9.17) is 0 Å². The number of carbonyl (C=O) groups excluding carboxylic acids is 1. The van der Waals surface area contributed by atoms with Crippen molar-refractivity contribution in [2.45, 2.75) is 26.3 Å². The molecule has 4 nitrogen and oxygen atoms in total. The molecule has 0 saturated carbocycles. The van der Waals surface area contributed by atoms with Gasteiger partial charge in [0.05, 0.1) is 0 Å². The topological polar surface area (TPSA) is 45.5 Å². The van der Waals surface area contributed by atoms with Crippen molar-refractivity contribution in [3.05, 3.63) is 36.0 Å². The number of likely N-dealkylation sites (tertiary alicyclic amines) is 1. The Bertz CT molecular complexity index is 639. The van der Waals surface area contributed by atoms with Crippen LogP contribution in [0.1, 0.15) is 18.5 Å². The maximum absolute atomic E-state index is 12.5. The van der Waals surface area contributed by atoms with E-state index in [0.717, 1.165) is 37.1 Å². The number of hydrogen-bond acceptors (Lipinski definition) is 2. The lowest BCUT2D eigenvalue weighted by Crippen LogP contribution is -2.40. The predicted molar refractivity (Wildman–Crippen MR) is 83.1 cm³/mol. The molecule has 3 rings (SSSR count). The highest BCUT2D eigenvalue weighted by Crippen LogP contribution is 2.21. The van der Waals surface area contributed by atoms with Gasteiger partial charge in [-0.25, -0.2) is 0 Å². The van der Waals surface area contributed by atoms with Crippen LogP contribution in [0.15, 0.2) is 30.3 Å². The van der Waals surface area contributed by atoms with Gasteiger partial charge in [-0.2, -0.15) is 0 Å². The molecule has 0 spiro atoms. The molecule has 112 valence electrons. The average molecular weight is 286 g/mol. The zero-order valence-corrected chi connectivity index (χ0v) is 12.5. The summed E-state index contributed by atoms with van der Waals surface area (Å²) in [7, 11) is 0. The van der Waals surface area contributed by atoms with E-state index in [-0.39, 0.29) is 12.5 Å². The van der Waals surface area contributed by atoms with E-state index < -0.39 is 0 Å². The lowest BCUT2D eigenvalue weighted by molar-refractivity contribution is -0.133. The van der Waals surface area contributed by atoms with Crippen molar-refractivity contribution in [1.29, 1.82) is 0 Å². The van der Waals surface area contributed by atoms with Crippen LogP contribution in [-0.2, 0) is 11.3 Å². The number of piperidine rings is 1. The minimum absolute atomic E-state index is 0.177. The highest BCUT2D eigenvalue weighted by Gasteiger charge is 2.22. The molecule has 1 saturated heterocycles. The zero-order chi connectivity index (χ0) is 14.8. The first-order valence-electron chi connectivity index (χ1n) is 7.62. The number of aromatic nitrogens is 1. The van der Waals surface area contributed by atoms with Crippen LogP contribution < -0.4 is 0 Å². The number of para-hydroxylation sites is 1. The van der Waals surface area contributed by atoms with E-state index in [1.165, 1.54) is 5.39 Å². The second-order valence-corrected chi connectivity index (χ2v) is 5.94. The smallest absolute Gasteiger partial charge is 0.242 e. The van der Waals surface area contributed by atoms with Crippen LogP contribution in [0.5, 0.6) is 0 Å². The Morgan fingerprint density at radius 1 is 1.29 bits per heavy atom. The first-order valence-corrected chi connectivity index (χ1v) is 7.62. The van der Waals surface area contributed by atoms with Gasteiger partial charge in [-0.15, -0.1) is 0 Å². The summed E-state index contributed by atoms with van der Waals surface area (Å²) in [5.74, 6) is 0.541. The maximum atomic E-state index is 12.5. The van der Waals surface area contributed by atoms with Gasteiger partial charge in [-0.05, 0) is 43.2 Å². The highest BCUT2D eigenvalue weighted by atomic mass is 16.3. The molecule has 0 aliphatic carbocycles. The van der Waals surface area contributed by atoms with Crippen LogP contribution in [-0.4, -0.2) is 40.2 Å². The Morgan fingerprint density at radius 3 is 2.71 bits per heavy atom. The number of rotatable bonds is 3. The summed E-state index contributed by atoms with van der Waals surface area (Å²) in [4.78, 5) is 14.4. The standard InChI is InChI=1S/C17H22N2O2/c1-13-10-15-4-2-3-5-16(15)19(13)11-17(21)18-8-6-14(12-20)7-9-18/h2-5,10,14,20H,6-9,11-12H2,1H3. The Hall–Kier alpha value is -1.81. The number of benzene rings is 1. The molecule has 0 bridgehead atoms. The fourth-order valence-electron chi connectivity index (χ4n) is 3.16. The summed E-state index contributed by atoms with van der Waals surface area (Å²) in [5.41, 5.74) is 2.24. The van der Waals surface area contributed by atoms with Gasteiger partial charge in [0.1, 0.15) is 6.54 Å². The molecule has 1 aliphatic heterocycles. The molecule has 0 radical (unpaired) electrons. The molecule has 0 atom stereocenters. The van der Waals surface area contributed by atoms with Crippen LogP contribution in [0.4, 0.5) is 0 Å². The second kappa shape index (κ2) is 5.90. The molecule has 1 fully saturated rings. The van der Waals surface area contributed by atoms with Gasteiger partial charge in [0.15, 0.2) is 0 Å². The fraction of sp³-hybridized carbons (Fsp3) is 0.471. The van der Waals surface area contributed by atoms with Crippen LogP contribution in [0.2, 0.25) is 0 Å². The summed E-state index contributed by atoms with van der Waals surface area (Å²) >= 11 is 0. The largest absolute Gasteiger partial charge is 0.396 e. The number of amides is 1. The first-order chi connectivity index (χ1) is 10.2. The van der Waals surface area contributed by atoms with Gasteiger partial charge in [0, 0.05) is 30.9 Å². The number of fused-ring (bicyclic) bond motifs is 1. The summed E-state index contributed by atoms with van der Waals surface area (Å²) < 4.78 is 2.09. The van der Waals surface area contributed by atoms with E-state index in [0.29, 0.717) is 12.5 Å². The molecule has 1 amide bonds. The molecule has 1 N–H and O–H groups in total. The number of aliphatic hydroxyl groups excluding tert-OH is 1. The minimum Gasteiger partial charge on any atom is -0.396 e. The molecule has 0 unspecified atom stereocenters. The van der Waals surface area contributed by atoms with E-state index >= 15 is 0 Å². The third-order valence-corrected chi connectivity index (χ3v) is 4.54. The molecule has 1 aliphatic rings. The normalized spacial score (nSPS) is 16.6. The van der Waals surface area contributed by atoms with Crippen molar-refractivity contribution in [2.75, 3.05) is 19.7 Å². The number of aryl methyl sites for hydroxylation is 1. The van der Waals surface area contributed by atoms with E-state index in [1.807, 2.05) is 24.0 Å². The molecular weight excluding hydrogens is 264 g/mol. The summed E-state index contributed by atoms with van der Waals surface area (Å²) in [6.07, 6.45) is 1.82. The summed E-state index contributed by atoms with van der Waals surface area (Å²) in [6, 6.07) is 10.3. The average Bonchev–Trinajstić information content (AvgIpc) is 2.83. The summed E-state index contributed by atoms with van der Waals surface area (Å²) in [6.45, 7) is 4.22. The number of hydrogen-bond donors (Lipinski definition) is 1. The van der Waals surface area contributed by atoms with Crippen LogP contribution in [0.3, 0.4) is 0 Å². The minimum atomic E-state index is 0.177. The quantitative estimate of drug-likeness (QED) is 0.940. The lowest BCUT2D eigenvalue weighted by atomic mass is 9.98. The van der Waals surface area contributed by atoms with E-state index in [9.17, 15) is 9.90 Å². The van der Waals surface area contributed by atoms with Crippen molar-refractivity contribution in [3.8, 4) is 0 Å². The Labute approximate surface area is 125 Å². The predicted octanol–water partition coefficient (Wildman–Crippen LogP) is 2.18. The van der Waals surface area contributed by atoms with Crippen molar-refractivity contribution in [1.82, 2.24) is 9.47 Å². The third kappa shape index (κ3) is 2.81. The van der Waals surface area contributed by atoms with Crippen LogP contribution >= 0.6 is 0 Å². The number of nitrogens with zero attached hydrogens (tertiary/aromatic N) is 2. The SMILES string of the molecule is Cc1cc2ccccc2n1CC(=O)N1CCC(CO)CC1. The van der Waals surface area contributed by atoms with Gasteiger partial charge in [-0.1, -0.05) is 18.2 Å². The third-order valence-electron chi connectivity index (χ3n) is 4.54. The van der Waals surface area contributed by atoms with Crippen LogP contribution in [0.25, 0.3) is 10.9 Å². The van der Waals surface area contributed by atoms with E-state index in [2.05, 4.69) is 22.8 Å². The number of carbonyl (C=O) groups is 1. The molecular formula is C17H22N2O2. The molecule has 2 aromatic rings. The van der Waals surface area contributed by atoms with Crippen molar-refractivity contribution >= 4 is 16.8 Å². The van der Waals surface area contributed by atoms with E-state index in [1.54, 1.807) is 0 Å². The lowest BCUT2D eigenvalue weighted by Gasteiger charge is -2.31. The summed E-state index contributed by atoms with van der Waals surface area (Å²) in [5, 5.41) is 10.4. The van der Waals surface area contributed by atoms with Gasteiger partial charge >= 0.3 is 0 Å². The number of aliphatic hydroxyl groups is 1. The Balaban J connectivity index is 1.73. The second-order valence-electron chi connectivity index (χ2n) is 5.94. The zero-order valence-electron chi connectivity index (χ0n) is 12.5. The Kier molecular flexibility index (Phi) is 3.97. The molecule has 4 heteroatoms. The van der Waals surface area contributed by atoms with Gasteiger partial charge in [-0.3, -0.25) is 4.79 Å². The van der Waals surface area contributed by atoms with Gasteiger partial charge in [0.2, 0.25) is 5.91 Å². The maximum Gasteiger partial charge on any atom is 0.242 e. The monoisotopic (exact) mass is 286 g/mol. The van der Waals surface area contributed by atoms with Crippen molar-refractivity contribution in [2.24, 2.45) is 5.92 Å². The van der Waals surface area contributed by atoms with Crippen molar-refractivity contribution in [3.63, 3.8) is 0 Å². The highest BCUT2D eigenvalue weighted by molar-refractivity contribution is 5.84. The first kappa shape index (κ1) is 14.1. The molecule has 2 heterocycles. The molecule has 1 aromatic heterocycles.